The van der Waals surface area contributed by atoms with E-state index < -0.39 is 6.10 Å². The summed E-state index contributed by atoms with van der Waals surface area (Å²) in [6.45, 7) is 0.602. The largest absolute Gasteiger partial charge is 0.372 e. The molecule has 1 N–H and O–H groups in total. The minimum absolute atomic E-state index is 0.0214. The number of amides is 2. The number of rotatable bonds is 4. The molecular weight excluding hydrogens is 260 g/mol. The highest BCUT2D eigenvalue weighted by Crippen LogP contribution is 2.14. The molecule has 7 nitrogen and oxygen atoms in total. The number of aromatic nitrogens is 2. The Morgan fingerprint density at radius 3 is 2.90 bits per heavy atom. The van der Waals surface area contributed by atoms with Gasteiger partial charge in [0.2, 0.25) is 5.91 Å². The second-order valence-corrected chi connectivity index (χ2v) is 4.66. The van der Waals surface area contributed by atoms with Crippen LogP contribution in [0.4, 0.5) is 5.69 Å². The third-order valence-corrected chi connectivity index (χ3v) is 3.19. The van der Waals surface area contributed by atoms with Gasteiger partial charge >= 0.3 is 0 Å². The van der Waals surface area contributed by atoms with Gasteiger partial charge in [-0.25, -0.2) is 9.97 Å². The number of likely N-dealkylation sites (tertiary alicyclic amines) is 1. The molecule has 1 aliphatic rings. The van der Waals surface area contributed by atoms with Gasteiger partial charge in [-0.05, 0) is 19.3 Å². The summed E-state index contributed by atoms with van der Waals surface area (Å²) in [5.74, 6) is -0.380. The number of hydrogen-bond acceptors (Lipinski definition) is 5. The molecule has 0 spiro atoms. The van der Waals surface area contributed by atoms with Crippen LogP contribution in [0.2, 0.25) is 0 Å². The molecule has 2 rings (SSSR count). The van der Waals surface area contributed by atoms with Crippen LogP contribution in [0.25, 0.3) is 0 Å². The van der Waals surface area contributed by atoms with E-state index in [1.807, 2.05) is 0 Å². The van der Waals surface area contributed by atoms with Crippen LogP contribution in [0.3, 0.4) is 0 Å². The van der Waals surface area contributed by atoms with Crippen molar-refractivity contribution in [3.05, 3.63) is 18.7 Å². The fourth-order valence-corrected chi connectivity index (χ4v) is 2.18. The zero-order valence-corrected chi connectivity index (χ0v) is 11.4. The second-order valence-electron chi connectivity index (χ2n) is 4.66. The molecule has 1 fully saturated rings. The van der Waals surface area contributed by atoms with Gasteiger partial charge in [0, 0.05) is 13.7 Å². The van der Waals surface area contributed by atoms with Crippen molar-refractivity contribution in [1.29, 1.82) is 0 Å². The van der Waals surface area contributed by atoms with Crippen molar-refractivity contribution in [2.24, 2.45) is 0 Å². The number of ether oxygens (including phenoxy) is 1. The fraction of sp³-hybridized carbons (Fsp3) is 0.538. The number of carbonyl (C=O) groups is 2. The van der Waals surface area contributed by atoms with E-state index in [9.17, 15) is 9.59 Å². The average Bonchev–Trinajstić information content (AvgIpc) is 2.62. The molecule has 2 amide bonds. The molecule has 1 saturated heterocycles. The quantitative estimate of drug-likeness (QED) is 0.864. The molecule has 1 unspecified atom stereocenters. The normalized spacial score (nSPS) is 19.6. The smallest absolute Gasteiger partial charge is 0.252 e. The Kier molecular flexibility index (Phi) is 5.00. The molecular formula is C13H18N4O3. The monoisotopic (exact) mass is 278 g/mol. The number of nitrogens with zero attached hydrogens (tertiary/aromatic N) is 3. The summed E-state index contributed by atoms with van der Waals surface area (Å²) >= 11 is 0. The number of carbonyl (C=O) groups excluding carboxylic acids is 2. The second kappa shape index (κ2) is 6.95. The SMILES string of the molecule is COC1CCCCN(CC(=O)Nc2cncnc2)C1=O. The summed E-state index contributed by atoms with van der Waals surface area (Å²) in [5, 5.41) is 2.66. The number of anilines is 1. The van der Waals surface area contributed by atoms with Crippen molar-refractivity contribution in [1.82, 2.24) is 14.9 Å². The molecule has 1 aromatic heterocycles. The van der Waals surface area contributed by atoms with Crippen LogP contribution in [0.15, 0.2) is 18.7 Å². The van der Waals surface area contributed by atoms with Crippen molar-refractivity contribution in [2.75, 3.05) is 25.5 Å². The van der Waals surface area contributed by atoms with E-state index in [2.05, 4.69) is 15.3 Å². The molecule has 1 atom stereocenters. The summed E-state index contributed by atoms with van der Waals surface area (Å²) in [7, 11) is 1.52. The fourth-order valence-electron chi connectivity index (χ4n) is 2.18. The van der Waals surface area contributed by atoms with Crippen molar-refractivity contribution in [3.63, 3.8) is 0 Å². The van der Waals surface area contributed by atoms with E-state index >= 15 is 0 Å². The number of hydrogen-bond donors (Lipinski definition) is 1. The first-order valence-electron chi connectivity index (χ1n) is 6.57. The lowest BCUT2D eigenvalue weighted by atomic mass is 10.2. The molecule has 1 aliphatic heterocycles. The van der Waals surface area contributed by atoms with E-state index in [4.69, 9.17) is 4.74 Å². The lowest BCUT2D eigenvalue weighted by Crippen LogP contribution is -2.43. The minimum atomic E-state index is -0.439. The van der Waals surface area contributed by atoms with Gasteiger partial charge in [-0.2, -0.15) is 0 Å². The van der Waals surface area contributed by atoms with Crippen LogP contribution < -0.4 is 5.32 Å². The molecule has 0 saturated carbocycles. The standard InChI is InChI=1S/C13H18N4O3/c1-20-11-4-2-3-5-17(13(11)19)8-12(18)16-10-6-14-9-15-7-10/h6-7,9,11H,2-5,8H2,1H3,(H,16,18). The number of nitrogens with one attached hydrogen (secondary N) is 1. The minimum Gasteiger partial charge on any atom is -0.372 e. The van der Waals surface area contributed by atoms with Crippen molar-refractivity contribution in [2.45, 2.75) is 25.4 Å². The maximum Gasteiger partial charge on any atom is 0.252 e. The van der Waals surface area contributed by atoms with Crippen LogP contribution >= 0.6 is 0 Å². The van der Waals surface area contributed by atoms with Crippen molar-refractivity contribution >= 4 is 17.5 Å². The third-order valence-electron chi connectivity index (χ3n) is 3.19. The Morgan fingerprint density at radius 2 is 2.20 bits per heavy atom. The predicted octanol–water partition coefficient (Wildman–Crippen LogP) is 0.443. The maximum atomic E-state index is 12.2. The topological polar surface area (TPSA) is 84.4 Å². The van der Waals surface area contributed by atoms with Gasteiger partial charge in [-0.1, -0.05) is 0 Å². The van der Waals surface area contributed by atoms with Crippen LogP contribution in [0.5, 0.6) is 0 Å². The molecule has 2 heterocycles. The first-order valence-corrected chi connectivity index (χ1v) is 6.57. The van der Waals surface area contributed by atoms with Crippen LogP contribution in [0, 0.1) is 0 Å². The van der Waals surface area contributed by atoms with Gasteiger partial charge in [0.05, 0.1) is 24.6 Å². The molecule has 1 aromatic rings. The zero-order chi connectivity index (χ0) is 14.4. The summed E-state index contributed by atoms with van der Waals surface area (Å²) in [6.07, 6.45) is 6.48. The van der Waals surface area contributed by atoms with Crippen molar-refractivity contribution in [3.8, 4) is 0 Å². The Balaban J connectivity index is 1.94. The van der Waals surface area contributed by atoms with Gasteiger partial charge in [-0.3, -0.25) is 9.59 Å². The highest BCUT2D eigenvalue weighted by molar-refractivity contribution is 5.94. The average molecular weight is 278 g/mol. The molecule has 108 valence electrons. The third kappa shape index (κ3) is 3.74. The van der Waals surface area contributed by atoms with Gasteiger partial charge in [0.15, 0.2) is 0 Å². The highest BCUT2D eigenvalue weighted by atomic mass is 16.5. The first kappa shape index (κ1) is 14.4. The van der Waals surface area contributed by atoms with E-state index in [0.29, 0.717) is 18.7 Å². The molecule has 0 bridgehead atoms. The van der Waals surface area contributed by atoms with E-state index in [0.717, 1.165) is 12.8 Å². The summed E-state index contributed by atoms with van der Waals surface area (Å²) < 4.78 is 5.17. The van der Waals surface area contributed by atoms with Crippen LogP contribution in [-0.4, -0.2) is 53.0 Å². The van der Waals surface area contributed by atoms with Gasteiger partial charge < -0.3 is 15.0 Å². The molecule has 7 heteroatoms. The predicted molar refractivity (Wildman–Crippen MR) is 71.9 cm³/mol. The molecule has 0 radical (unpaired) electrons. The summed E-state index contributed by atoms with van der Waals surface area (Å²) in [6, 6.07) is 0. The van der Waals surface area contributed by atoms with Crippen LogP contribution in [-0.2, 0) is 14.3 Å². The zero-order valence-electron chi connectivity index (χ0n) is 11.4. The Labute approximate surface area is 117 Å². The summed E-state index contributed by atoms with van der Waals surface area (Å²) in [5.41, 5.74) is 0.517. The Morgan fingerprint density at radius 1 is 1.45 bits per heavy atom. The van der Waals surface area contributed by atoms with E-state index in [1.165, 1.54) is 25.8 Å². The van der Waals surface area contributed by atoms with Crippen LogP contribution in [0.1, 0.15) is 19.3 Å². The highest BCUT2D eigenvalue weighted by Gasteiger charge is 2.27. The molecule has 0 aliphatic carbocycles. The van der Waals surface area contributed by atoms with Gasteiger partial charge in [0.1, 0.15) is 12.4 Å². The van der Waals surface area contributed by atoms with E-state index in [1.54, 1.807) is 4.90 Å². The maximum absolute atomic E-state index is 12.2. The molecule has 20 heavy (non-hydrogen) atoms. The van der Waals surface area contributed by atoms with Crippen molar-refractivity contribution < 1.29 is 14.3 Å². The van der Waals surface area contributed by atoms with Gasteiger partial charge in [0.25, 0.3) is 5.91 Å². The Hall–Kier alpha value is -2.02. The lowest BCUT2D eigenvalue weighted by Gasteiger charge is -2.22. The van der Waals surface area contributed by atoms with E-state index in [-0.39, 0.29) is 18.4 Å². The lowest BCUT2D eigenvalue weighted by molar-refractivity contribution is -0.143. The number of methoxy groups -OCH3 is 1. The summed E-state index contributed by atoms with van der Waals surface area (Å²) in [4.78, 5) is 33.3. The molecule has 0 aromatic carbocycles. The first-order chi connectivity index (χ1) is 9.70. The van der Waals surface area contributed by atoms with Gasteiger partial charge in [-0.15, -0.1) is 0 Å². The Bertz CT molecular complexity index is 466.